The summed E-state index contributed by atoms with van der Waals surface area (Å²) in [6.45, 7) is 0. The molecule has 11 nitrogen and oxygen atoms in total. The van der Waals surface area contributed by atoms with Crippen LogP contribution in [-0.4, -0.2) is 44.4 Å². The largest absolute Gasteiger partial charge is 0.455 e. The second-order valence-corrected chi connectivity index (χ2v) is 31.1. The number of benzene rings is 15. The number of thiazole rings is 2. The third-order valence-electron chi connectivity index (χ3n) is 21.5. The Bertz CT molecular complexity index is 7690. The van der Waals surface area contributed by atoms with Crippen molar-refractivity contribution < 1.29 is 8.83 Å². The van der Waals surface area contributed by atoms with Gasteiger partial charge >= 0.3 is 0 Å². The molecule has 0 aliphatic carbocycles. The van der Waals surface area contributed by atoms with Crippen LogP contribution < -0.4 is 0 Å². The normalized spacial score (nSPS) is 11.9. The van der Waals surface area contributed by atoms with Gasteiger partial charge in [-0.1, -0.05) is 255 Å². The van der Waals surface area contributed by atoms with Gasteiger partial charge in [0.1, 0.15) is 32.3 Å². The van der Waals surface area contributed by atoms with Gasteiger partial charge in [0.15, 0.2) is 29.1 Å². The molecule has 0 unspecified atom stereocenters. The van der Waals surface area contributed by atoms with Gasteiger partial charge in [0, 0.05) is 69.2 Å². The molecule has 0 spiro atoms. The van der Waals surface area contributed by atoms with E-state index in [1.807, 2.05) is 66.7 Å². The Kier molecular flexibility index (Phi) is 14.6. The monoisotopic (exact) mass is 1490 g/mol. The average molecular weight is 1490 g/mol. The molecule has 0 N–H and O–H groups in total. The van der Waals surface area contributed by atoms with Crippen molar-refractivity contribution in [2.24, 2.45) is 0 Å². The molecular formula is C98H55N9O2S3. The summed E-state index contributed by atoms with van der Waals surface area (Å²) in [4.78, 5) is 42.7. The molecule has 0 aliphatic rings. The van der Waals surface area contributed by atoms with E-state index in [4.69, 9.17) is 48.7 Å². The Balaban J connectivity index is 0.626. The van der Waals surface area contributed by atoms with E-state index in [0.717, 1.165) is 189 Å². The van der Waals surface area contributed by atoms with Crippen LogP contribution in [0.1, 0.15) is 0 Å². The molecule has 8 aromatic heterocycles. The van der Waals surface area contributed by atoms with Gasteiger partial charge in [-0.3, -0.25) is 4.57 Å². The van der Waals surface area contributed by atoms with Crippen molar-refractivity contribution >= 4 is 140 Å². The number of furan rings is 2. The molecule has 8 heterocycles. The SMILES string of the molecule is c1ccc(-c2ccc3c(c2)c2ccccc2n3-c2nc(-c3ccccc3)nc(-c3cccc4c3oc3c(-c5nc6ccccc6s5)c(-c5ccc(-c6ccc7c(c6)sc6c(-c8nc(-c9ccccc9)nc(-c9cccc%10c9oc9c(-c%11nc%12ccccc%12s%11)c(-c%11ccccc%11)ccc9%10)n8)cccc67)cc5)ccc34)n2)cc1. The highest BCUT2D eigenvalue weighted by Gasteiger charge is 2.28. The predicted octanol–water partition coefficient (Wildman–Crippen LogP) is 26.9. The Morgan fingerprint density at radius 2 is 0.634 bits per heavy atom. The predicted molar refractivity (Wildman–Crippen MR) is 461 cm³/mol. The number of nitrogens with zero attached hydrogens (tertiary/aromatic N) is 9. The lowest BCUT2D eigenvalue weighted by atomic mass is 9.95. The molecule has 23 rings (SSSR count). The zero-order chi connectivity index (χ0) is 73.5. The number of hydrogen-bond donors (Lipinski definition) is 0. The van der Waals surface area contributed by atoms with Crippen LogP contribution >= 0.6 is 34.0 Å². The van der Waals surface area contributed by atoms with E-state index in [2.05, 4.69) is 271 Å². The van der Waals surface area contributed by atoms with E-state index in [1.165, 1.54) is 0 Å². The van der Waals surface area contributed by atoms with E-state index in [0.29, 0.717) is 46.2 Å². The third kappa shape index (κ3) is 10.4. The molecular weight excluding hydrogens is 1430 g/mol. The van der Waals surface area contributed by atoms with Crippen LogP contribution in [0.5, 0.6) is 0 Å². The smallest absolute Gasteiger partial charge is 0.238 e. The van der Waals surface area contributed by atoms with Gasteiger partial charge in [-0.25, -0.2) is 29.9 Å². The van der Waals surface area contributed by atoms with E-state index >= 15 is 0 Å². The lowest BCUT2D eigenvalue weighted by Gasteiger charge is -2.11. The number of hydrogen-bond acceptors (Lipinski definition) is 13. The van der Waals surface area contributed by atoms with Gasteiger partial charge < -0.3 is 8.83 Å². The summed E-state index contributed by atoms with van der Waals surface area (Å²) in [5.74, 6) is 3.19. The maximum atomic E-state index is 7.41. The molecule has 0 bridgehead atoms. The van der Waals surface area contributed by atoms with E-state index in [-0.39, 0.29) is 0 Å². The van der Waals surface area contributed by atoms with Gasteiger partial charge in [-0.15, -0.1) is 34.0 Å². The summed E-state index contributed by atoms with van der Waals surface area (Å²) in [5, 5.41) is 10.1. The van der Waals surface area contributed by atoms with Crippen molar-refractivity contribution in [2.45, 2.75) is 0 Å². The summed E-state index contributed by atoms with van der Waals surface area (Å²) in [7, 11) is 0. The molecule has 14 heteroatoms. The highest BCUT2D eigenvalue weighted by molar-refractivity contribution is 7.26. The van der Waals surface area contributed by atoms with Crippen molar-refractivity contribution in [2.75, 3.05) is 0 Å². The zero-order valence-electron chi connectivity index (χ0n) is 59.3. The van der Waals surface area contributed by atoms with Gasteiger partial charge in [0.25, 0.3) is 0 Å². The Labute approximate surface area is 651 Å². The van der Waals surface area contributed by atoms with Crippen molar-refractivity contribution in [3.05, 3.63) is 334 Å². The van der Waals surface area contributed by atoms with Crippen molar-refractivity contribution in [1.82, 2.24) is 44.4 Å². The van der Waals surface area contributed by atoms with Crippen LogP contribution in [0, 0.1) is 0 Å². The highest BCUT2D eigenvalue weighted by Crippen LogP contribution is 2.50. The first-order valence-corrected chi connectivity index (χ1v) is 39.5. The standard InChI is InChI=1S/C98H55N9O2S3/c1-5-22-56(23-6-1)62-47-53-80-76(54-62)66-30-13-16-39-79(66)107(80)98-105-92(61-28-11-4-12-29-61)103-94(106-98)74-35-20-32-69-71-52-50-65(85(89(71)109-87(69)74)97-100-78-38-15-18-41-82(78)112-97)59-44-42-57(43-45-59)63-46-48-67-72-33-21-36-75(90(72)110-83(67)55-63)95-102-91(60-26-9-3-10-27-60)101-93(104-95)73-34-19-31-68-70-51-49-64(58-24-7-2-8-25-58)84(88(70)108-86(68)73)96-99-77-37-14-17-40-81(77)111-96/h1-55H. The van der Waals surface area contributed by atoms with E-state index in [1.54, 1.807) is 34.0 Å². The summed E-state index contributed by atoms with van der Waals surface area (Å²) < 4.78 is 21.3. The van der Waals surface area contributed by atoms with E-state index < -0.39 is 0 Å². The first kappa shape index (κ1) is 63.8. The fourth-order valence-corrected chi connectivity index (χ4v) is 19.5. The molecule has 112 heavy (non-hydrogen) atoms. The summed E-state index contributed by atoms with van der Waals surface area (Å²) in [6, 6.07) is 116. The molecule has 0 aliphatic heterocycles. The number of rotatable bonds is 12. The van der Waals surface area contributed by atoms with Crippen LogP contribution in [0.25, 0.3) is 235 Å². The minimum atomic E-state index is 0.491. The molecule has 0 atom stereocenters. The first-order valence-electron chi connectivity index (χ1n) is 37.0. The molecule has 15 aromatic carbocycles. The lowest BCUT2D eigenvalue weighted by molar-refractivity contribution is 0.670. The fourth-order valence-electron chi connectivity index (χ4n) is 16.2. The average Bonchev–Trinajstić information content (AvgIpc) is 1.56. The topological polar surface area (TPSA) is 134 Å². The van der Waals surface area contributed by atoms with Gasteiger partial charge in [0.2, 0.25) is 5.95 Å². The minimum absolute atomic E-state index is 0.491. The summed E-state index contributed by atoms with van der Waals surface area (Å²) >= 11 is 5.09. The molecule has 0 saturated heterocycles. The van der Waals surface area contributed by atoms with Crippen LogP contribution in [0.4, 0.5) is 0 Å². The Morgan fingerprint density at radius 1 is 0.223 bits per heavy atom. The Hall–Kier alpha value is -14.3. The number of fused-ring (bicyclic) bond motifs is 14. The summed E-state index contributed by atoms with van der Waals surface area (Å²) in [5.41, 5.74) is 21.4. The molecule has 0 fully saturated rings. The molecule has 0 saturated carbocycles. The van der Waals surface area contributed by atoms with Crippen molar-refractivity contribution in [3.63, 3.8) is 0 Å². The molecule has 23 aromatic rings. The zero-order valence-corrected chi connectivity index (χ0v) is 61.8. The maximum Gasteiger partial charge on any atom is 0.238 e. The third-order valence-corrected chi connectivity index (χ3v) is 24.8. The first-order chi connectivity index (χ1) is 55.5. The lowest BCUT2D eigenvalue weighted by Crippen LogP contribution is -2.06. The molecule has 0 amide bonds. The van der Waals surface area contributed by atoms with Gasteiger partial charge in [0.05, 0.1) is 53.7 Å². The van der Waals surface area contributed by atoms with Crippen molar-refractivity contribution in [1.29, 1.82) is 0 Å². The van der Waals surface area contributed by atoms with Gasteiger partial charge in [-0.2, -0.15) is 9.97 Å². The number of para-hydroxylation sites is 5. The maximum absolute atomic E-state index is 7.41. The second-order valence-electron chi connectivity index (χ2n) is 28.0. The van der Waals surface area contributed by atoms with Gasteiger partial charge in [-0.05, 0) is 123 Å². The Morgan fingerprint density at radius 3 is 1.24 bits per heavy atom. The fraction of sp³-hybridized carbons (Fsp3) is 0. The quantitative estimate of drug-likeness (QED) is 0.116. The highest BCUT2D eigenvalue weighted by atomic mass is 32.1. The van der Waals surface area contributed by atoms with Crippen molar-refractivity contribution in [3.8, 4) is 129 Å². The second kappa shape index (κ2) is 25.7. The number of aromatic nitrogens is 9. The van der Waals surface area contributed by atoms with Crippen LogP contribution in [0.3, 0.4) is 0 Å². The summed E-state index contributed by atoms with van der Waals surface area (Å²) in [6.07, 6.45) is 0. The van der Waals surface area contributed by atoms with Crippen LogP contribution in [-0.2, 0) is 0 Å². The van der Waals surface area contributed by atoms with E-state index in [9.17, 15) is 0 Å². The number of thiophene rings is 1. The molecule has 522 valence electrons. The van der Waals surface area contributed by atoms with Crippen LogP contribution in [0.15, 0.2) is 342 Å². The minimum Gasteiger partial charge on any atom is -0.455 e. The van der Waals surface area contributed by atoms with Crippen LogP contribution in [0.2, 0.25) is 0 Å². The molecule has 0 radical (unpaired) electrons.